The number of para-hydroxylation sites is 1. The minimum atomic E-state index is -0.461. The Bertz CT molecular complexity index is 559. The molecule has 0 N–H and O–H groups in total. The predicted octanol–water partition coefficient (Wildman–Crippen LogP) is 1.06. The average Bonchev–Trinajstić information content (AvgIpc) is 2.85. The van der Waals surface area contributed by atoms with E-state index in [1.807, 2.05) is 6.07 Å². The Morgan fingerprint density at radius 3 is 2.55 bits per heavy atom. The molecule has 0 saturated carbocycles. The second kappa shape index (κ2) is 7.06. The molecule has 1 fully saturated rings. The summed E-state index contributed by atoms with van der Waals surface area (Å²) in [5, 5.41) is 0. The predicted molar refractivity (Wildman–Crippen MR) is 81.2 cm³/mol. The number of esters is 1. The van der Waals surface area contributed by atoms with E-state index in [-0.39, 0.29) is 31.4 Å². The molecule has 2 amide bonds. The molecular weight excluding hydrogens is 284 g/mol. The number of hydrogen-bond acceptors (Lipinski definition) is 4. The van der Waals surface area contributed by atoms with E-state index in [9.17, 15) is 14.4 Å². The zero-order valence-corrected chi connectivity index (χ0v) is 12.8. The number of benzene rings is 1. The van der Waals surface area contributed by atoms with Gasteiger partial charge in [-0.1, -0.05) is 18.2 Å². The molecule has 0 aromatic heterocycles. The van der Waals surface area contributed by atoms with Crippen LogP contribution in [0.3, 0.4) is 0 Å². The van der Waals surface area contributed by atoms with Gasteiger partial charge in [0.15, 0.2) is 0 Å². The summed E-state index contributed by atoms with van der Waals surface area (Å²) in [6.45, 7) is 2.21. The lowest BCUT2D eigenvalue weighted by Gasteiger charge is -2.24. The lowest BCUT2D eigenvalue weighted by molar-refractivity contribution is -0.142. The molecule has 1 atom stereocenters. The van der Waals surface area contributed by atoms with Crippen molar-refractivity contribution in [2.45, 2.75) is 13.3 Å². The molecule has 1 aromatic carbocycles. The van der Waals surface area contributed by atoms with Crippen LogP contribution in [0.25, 0.3) is 0 Å². The number of carbonyl (C=O) groups excluding carboxylic acids is 3. The van der Waals surface area contributed by atoms with Crippen LogP contribution in [0.1, 0.15) is 13.3 Å². The van der Waals surface area contributed by atoms with E-state index in [0.29, 0.717) is 12.2 Å². The van der Waals surface area contributed by atoms with Gasteiger partial charge < -0.3 is 14.5 Å². The Balaban J connectivity index is 2.19. The molecule has 1 aliphatic rings. The molecule has 0 bridgehead atoms. The largest absolute Gasteiger partial charge is 0.465 e. The van der Waals surface area contributed by atoms with Gasteiger partial charge in [0.25, 0.3) is 0 Å². The topological polar surface area (TPSA) is 66.9 Å². The van der Waals surface area contributed by atoms with Crippen LogP contribution in [-0.2, 0) is 19.1 Å². The number of hydrogen-bond donors (Lipinski definition) is 0. The fourth-order valence-electron chi connectivity index (χ4n) is 2.49. The van der Waals surface area contributed by atoms with E-state index in [4.69, 9.17) is 4.74 Å². The lowest BCUT2D eigenvalue weighted by Crippen LogP contribution is -2.41. The third-order valence-corrected chi connectivity index (χ3v) is 3.62. The third-order valence-electron chi connectivity index (χ3n) is 3.62. The molecule has 1 heterocycles. The lowest BCUT2D eigenvalue weighted by atomic mass is 10.1. The van der Waals surface area contributed by atoms with Crippen LogP contribution in [0.5, 0.6) is 0 Å². The van der Waals surface area contributed by atoms with Crippen molar-refractivity contribution in [3.8, 4) is 0 Å². The van der Waals surface area contributed by atoms with Crippen molar-refractivity contribution < 1.29 is 19.1 Å². The Kier molecular flexibility index (Phi) is 5.14. The Morgan fingerprint density at radius 2 is 2.00 bits per heavy atom. The maximum Gasteiger partial charge on any atom is 0.326 e. The highest BCUT2D eigenvalue weighted by Crippen LogP contribution is 2.22. The van der Waals surface area contributed by atoms with Crippen LogP contribution in [0.4, 0.5) is 5.69 Å². The van der Waals surface area contributed by atoms with Gasteiger partial charge in [-0.3, -0.25) is 14.4 Å². The van der Waals surface area contributed by atoms with Crippen LogP contribution in [-0.4, -0.2) is 49.4 Å². The summed E-state index contributed by atoms with van der Waals surface area (Å²) >= 11 is 0. The minimum absolute atomic E-state index is 0.0532. The summed E-state index contributed by atoms with van der Waals surface area (Å²) in [7, 11) is 1.67. The monoisotopic (exact) mass is 304 g/mol. The normalized spacial score (nSPS) is 17.5. The minimum Gasteiger partial charge on any atom is -0.465 e. The van der Waals surface area contributed by atoms with Gasteiger partial charge >= 0.3 is 5.97 Å². The Morgan fingerprint density at radius 1 is 1.32 bits per heavy atom. The standard InChI is InChI=1S/C16H20N2O4/c1-3-22-15(20)11-18(13-7-5-4-6-8-13)16(21)12-9-14(19)17(2)10-12/h4-8,12H,3,9-11H2,1-2H3. The van der Waals surface area contributed by atoms with Gasteiger partial charge in [-0.2, -0.15) is 0 Å². The molecule has 0 radical (unpaired) electrons. The second-order valence-corrected chi connectivity index (χ2v) is 5.24. The first-order chi connectivity index (χ1) is 10.5. The number of ether oxygens (including phenoxy) is 1. The summed E-state index contributed by atoms with van der Waals surface area (Å²) in [4.78, 5) is 39.1. The Hall–Kier alpha value is -2.37. The zero-order valence-electron chi connectivity index (χ0n) is 12.8. The fourth-order valence-corrected chi connectivity index (χ4v) is 2.49. The molecule has 1 unspecified atom stereocenters. The van der Waals surface area contributed by atoms with E-state index < -0.39 is 11.9 Å². The number of amides is 2. The summed E-state index contributed by atoms with van der Waals surface area (Å²) in [5.41, 5.74) is 0.627. The number of carbonyl (C=O) groups is 3. The van der Waals surface area contributed by atoms with Crippen LogP contribution in [0.15, 0.2) is 30.3 Å². The van der Waals surface area contributed by atoms with Gasteiger partial charge in [0.2, 0.25) is 11.8 Å². The zero-order chi connectivity index (χ0) is 16.1. The maximum atomic E-state index is 12.7. The maximum absolute atomic E-state index is 12.7. The van der Waals surface area contributed by atoms with Gasteiger partial charge in [-0.25, -0.2) is 0 Å². The van der Waals surface area contributed by atoms with Crippen molar-refractivity contribution in [2.75, 3.05) is 31.6 Å². The first kappa shape index (κ1) is 16.0. The number of nitrogens with zero attached hydrogens (tertiary/aromatic N) is 2. The van der Waals surface area contributed by atoms with Crippen LogP contribution in [0.2, 0.25) is 0 Å². The van der Waals surface area contributed by atoms with Crippen molar-refractivity contribution in [1.29, 1.82) is 0 Å². The fraction of sp³-hybridized carbons (Fsp3) is 0.438. The molecule has 6 nitrogen and oxygen atoms in total. The highest BCUT2D eigenvalue weighted by molar-refractivity contribution is 6.01. The summed E-state index contributed by atoms with van der Waals surface area (Å²) in [6.07, 6.45) is 0.182. The number of rotatable bonds is 5. The van der Waals surface area contributed by atoms with Crippen molar-refractivity contribution in [3.63, 3.8) is 0 Å². The molecule has 118 valence electrons. The van der Waals surface area contributed by atoms with E-state index >= 15 is 0 Å². The third kappa shape index (κ3) is 3.63. The molecular formula is C16H20N2O4. The highest BCUT2D eigenvalue weighted by Gasteiger charge is 2.35. The smallest absolute Gasteiger partial charge is 0.326 e. The first-order valence-electron chi connectivity index (χ1n) is 7.29. The SMILES string of the molecule is CCOC(=O)CN(C(=O)C1CC(=O)N(C)C1)c1ccccc1. The summed E-state index contributed by atoms with van der Waals surface area (Å²) < 4.78 is 4.94. The molecule has 0 aliphatic carbocycles. The molecule has 6 heteroatoms. The molecule has 0 spiro atoms. The summed E-state index contributed by atoms with van der Waals surface area (Å²) in [6, 6.07) is 8.96. The van der Waals surface area contributed by atoms with Crippen molar-refractivity contribution >= 4 is 23.5 Å². The van der Waals surface area contributed by atoms with E-state index in [0.717, 1.165) is 0 Å². The van der Waals surface area contributed by atoms with Gasteiger partial charge in [0.1, 0.15) is 6.54 Å². The van der Waals surface area contributed by atoms with Crippen LogP contribution < -0.4 is 4.90 Å². The van der Waals surface area contributed by atoms with Gasteiger partial charge in [0, 0.05) is 25.7 Å². The van der Waals surface area contributed by atoms with Gasteiger partial charge in [-0.15, -0.1) is 0 Å². The van der Waals surface area contributed by atoms with E-state index in [2.05, 4.69) is 0 Å². The summed E-state index contributed by atoms with van der Waals surface area (Å²) in [5.74, 6) is -1.16. The molecule has 1 aromatic rings. The quantitative estimate of drug-likeness (QED) is 0.763. The van der Waals surface area contributed by atoms with Crippen LogP contribution >= 0.6 is 0 Å². The second-order valence-electron chi connectivity index (χ2n) is 5.24. The first-order valence-corrected chi connectivity index (χ1v) is 7.29. The van der Waals surface area contributed by atoms with Crippen molar-refractivity contribution in [1.82, 2.24) is 4.90 Å². The van der Waals surface area contributed by atoms with Crippen LogP contribution in [0, 0.1) is 5.92 Å². The molecule has 22 heavy (non-hydrogen) atoms. The Labute approximate surface area is 129 Å². The van der Waals surface area contributed by atoms with Gasteiger partial charge in [0.05, 0.1) is 12.5 Å². The van der Waals surface area contributed by atoms with E-state index in [1.165, 1.54) is 9.80 Å². The number of likely N-dealkylation sites (tertiary alicyclic amines) is 1. The van der Waals surface area contributed by atoms with Gasteiger partial charge in [-0.05, 0) is 19.1 Å². The molecule has 1 aliphatic heterocycles. The molecule has 1 saturated heterocycles. The number of anilines is 1. The highest BCUT2D eigenvalue weighted by atomic mass is 16.5. The van der Waals surface area contributed by atoms with Crippen molar-refractivity contribution in [3.05, 3.63) is 30.3 Å². The average molecular weight is 304 g/mol. The van der Waals surface area contributed by atoms with Crippen molar-refractivity contribution in [2.24, 2.45) is 5.92 Å². The van der Waals surface area contributed by atoms with E-state index in [1.54, 1.807) is 38.2 Å². The molecule has 2 rings (SSSR count).